The molecule has 1 aliphatic rings. The number of aromatic hydroxyl groups is 2. The number of ether oxygens (including phenoxy) is 1. The first-order valence-electron chi connectivity index (χ1n) is 12.3. The van der Waals surface area contributed by atoms with Crippen molar-refractivity contribution in [2.45, 2.75) is 59.0 Å². The van der Waals surface area contributed by atoms with E-state index in [1.807, 2.05) is 39.8 Å². The van der Waals surface area contributed by atoms with Gasteiger partial charge in [0.1, 0.15) is 11.5 Å². The molecule has 3 aromatic carbocycles. The number of rotatable bonds is 7. The second kappa shape index (κ2) is 10.1. The van der Waals surface area contributed by atoms with Crippen LogP contribution in [0.4, 0.5) is 0 Å². The summed E-state index contributed by atoms with van der Waals surface area (Å²) in [6.07, 6.45) is 2.26. The number of esters is 1. The van der Waals surface area contributed by atoms with Crippen LogP contribution in [-0.2, 0) is 36.0 Å². The molecule has 1 aliphatic heterocycles. The molecule has 0 radical (unpaired) electrons. The Morgan fingerprint density at radius 2 is 1.27 bits per heavy atom. The third kappa shape index (κ3) is 4.05. The van der Waals surface area contributed by atoms with Crippen molar-refractivity contribution in [1.82, 2.24) is 0 Å². The van der Waals surface area contributed by atoms with Crippen molar-refractivity contribution in [3.8, 4) is 11.5 Å². The molecule has 0 saturated carbocycles. The van der Waals surface area contributed by atoms with Crippen LogP contribution in [0.25, 0.3) is 0 Å². The lowest BCUT2D eigenvalue weighted by atomic mass is 9.74. The van der Waals surface area contributed by atoms with Crippen LogP contribution in [0.1, 0.15) is 87.4 Å². The lowest BCUT2D eigenvalue weighted by Gasteiger charge is -2.36. The van der Waals surface area contributed by atoms with Crippen LogP contribution in [0.5, 0.6) is 11.5 Å². The van der Waals surface area contributed by atoms with E-state index in [9.17, 15) is 24.9 Å². The minimum Gasteiger partial charge on any atom is -0.506 e. The van der Waals surface area contributed by atoms with Gasteiger partial charge in [0.2, 0.25) is 0 Å². The molecule has 1 heterocycles. The Labute approximate surface area is 232 Å². The van der Waals surface area contributed by atoms with Gasteiger partial charge in [-0.1, -0.05) is 39.8 Å². The van der Waals surface area contributed by atoms with Crippen molar-refractivity contribution in [2.75, 3.05) is 0 Å². The van der Waals surface area contributed by atoms with Gasteiger partial charge >= 0.3 is 11.9 Å². The Bertz CT molecular complexity index is 1380. The van der Waals surface area contributed by atoms with E-state index in [0.717, 1.165) is 22.3 Å². The molecule has 0 fully saturated rings. The first kappa shape index (κ1) is 27.2. The van der Waals surface area contributed by atoms with Crippen molar-refractivity contribution >= 4 is 43.8 Å². The molecule has 0 aliphatic carbocycles. The average Bonchev–Trinajstić information content (AvgIpc) is 3.18. The normalized spacial score (nSPS) is 13.9. The minimum atomic E-state index is -1.64. The quantitative estimate of drug-likeness (QED) is 0.242. The third-order valence-electron chi connectivity index (χ3n) is 7.14. The molecule has 0 saturated heterocycles. The largest absolute Gasteiger partial charge is 0.506 e. The van der Waals surface area contributed by atoms with Gasteiger partial charge in [-0.15, -0.1) is 0 Å². The summed E-state index contributed by atoms with van der Waals surface area (Å²) in [5.41, 5.74) is 3.01. The second-order valence-electron chi connectivity index (χ2n) is 9.02. The molecule has 0 amide bonds. The molecule has 0 spiro atoms. The standard InChI is InChI=1S/C29H28Br2O6/c1-5-14-11-16(7-3)25(32)23(30)21(14)29(22-15(6-2)12-17(8-4)26(33)24(22)31)20-13-18(27(34)35)9-10-19(20)28(36)37-29/h9-13,32-33H,5-8H2,1-4H3,(H,34,35). The Hall–Kier alpha value is -2.84. The highest BCUT2D eigenvalue weighted by Gasteiger charge is 2.53. The van der Waals surface area contributed by atoms with Gasteiger partial charge in [-0.2, -0.15) is 0 Å². The topological polar surface area (TPSA) is 104 Å². The number of aryl methyl sites for hydroxylation is 4. The molecule has 194 valence electrons. The predicted molar refractivity (Wildman–Crippen MR) is 148 cm³/mol. The van der Waals surface area contributed by atoms with E-state index in [1.54, 1.807) is 0 Å². The fraction of sp³-hybridized carbons (Fsp3) is 0.310. The molecule has 4 rings (SSSR count). The number of hydrogen-bond donors (Lipinski definition) is 3. The lowest BCUT2D eigenvalue weighted by Crippen LogP contribution is -2.33. The number of cyclic esters (lactones) is 1. The predicted octanol–water partition coefficient (Wildman–Crippen LogP) is 7.03. The van der Waals surface area contributed by atoms with Gasteiger partial charge in [-0.3, -0.25) is 0 Å². The Morgan fingerprint density at radius 3 is 1.68 bits per heavy atom. The summed E-state index contributed by atoms with van der Waals surface area (Å²) in [6.45, 7) is 7.81. The molecule has 0 unspecified atom stereocenters. The maximum absolute atomic E-state index is 13.4. The lowest BCUT2D eigenvalue weighted by molar-refractivity contribution is 0.0241. The van der Waals surface area contributed by atoms with E-state index < -0.39 is 17.5 Å². The van der Waals surface area contributed by atoms with Crippen molar-refractivity contribution in [1.29, 1.82) is 0 Å². The van der Waals surface area contributed by atoms with Gasteiger partial charge in [0.15, 0.2) is 5.60 Å². The fourth-order valence-electron chi connectivity index (χ4n) is 5.25. The molecule has 3 N–H and O–H groups in total. The van der Waals surface area contributed by atoms with Gasteiger partial charge < -0.3 is 20.1 Å². The highest BCUT2D eigenvalue weighted by molar-refractivity contribution is 9.11. The number of halogens is 2. The van der Waals surface area contributed by atoms with E-state index in [1.165, 1.54) is 18.2 Å². The van der Waals surface area contributed by atoms with Gasteiger partial charge in [-0.25, -0.2) is 9.59 Å². The number of benzene rings is 3. The number of hydrogen-bond acceptors (Lipinski definition) is 5. The van der Waals surface area contributed by atoms with Crippen LogP contribution in [0.15, 0.2) is 39.3 Å². The molecule has 0 bridgehead atoms. The number of aromatic carboxylic acids is 1. The Morgan fingerprint density at radius 1 is 0.811 bits per heavy atom. The highest BCUT2D eigenvalue weighted by Crippen LogP contribution is 2.56. The van der Waals surface area contributed by atoms with E-state index in [0.29, 0.717) is 51.3 Å². The molecule has 37 heavy (non-hydrogen) atoms. The maximum Gasteiger partial charge on any atom is 0.340 e. The minimum absolute atomic E-state index is 0.00596. The number of phenols is 2. The SMILES string of the molecule is CCc1cc(CC)c(C2(c3c(CC)cc(CC)c(O)c3Br)OC(=O)c3ccc(C(=O)O)cc32)c(Br)c1O. The summed E-state index contributed by atoms with van der Waals surface area (Å²) in [6, 6.07) is 8.07. The molecular weight excluding hydrogens is 604 g/mol. The summed E-state index contributed by atoms with van der Waals surface area (Å²) in [4.78, 5) is 25.4. The van der Waals surface area contributed by atoms with Gasteiger partial charge in [-0.05, 0) is 98.0 Å². The Kier molecular flexibility index (Phi) is 7.45. The number of carboxylic acids is 1. The zero-order valence-corrected chi connectivity index (χ0v) is 24.2. The molecule has 8 heteroatoms. The molecule has 3 aromatic rings. The van der Waals surface area contributed by atoms with Crippen molar-refractivity contribution in [3.05, 3.63) is 89.3 Å². The average molecular weight is 632 g/mol. The molecular formula is C29H28Br2O6. The zero-order chi connectivity index (χ0) is 27.2. The Balaban J connectivity index is 2.29. The summed E-state index contributed by atoms with van der Waals surface area (Å²) in [5, 5.41) is 32.1. The number of phenolic OH excluding ortho intramolecular Hbond substituents is 2. The summed E-state index contributed by atoms with van der Waals surface area (Å²) < 4.78 is 7.03. The van der Waals surface area contributed by atoms with Crippen LogP contribution in [0, 0.1) is 0 Å². The van der Waals surface area contributed by atoms with Crippen LogP contribution < -0.4 is 0 Å². The van der Waals surface area contributed by atoms with Crippen LogP contribution >= 0.6 is 31.9 Å². The van der Waals surface area contributed by atoms with Crippen LogP contribution in [0.2, 0.25) is 0 Å². The number of carbonyl (C=O) groups excluding carboxylic acids is 1. The van der Waals surface area contributed by atoms with E-state index in [2.05, 4.69) is 31.9 Å². The molecule has 0 atom stereocenters. The smallest absolute Gasteiger partial charge is 0.340 e. The van der Waals surface area contributed by atoms with E-state index >= 15 is 0 Å². The van der Waals surface area contributed by atoms with Gasteiger partial charge in [0, 0.05) is 16.7 Å². The second-order valence-corrected chi connectivity index (χ2v) is 10.6. The third-order valence-corrected chi connectivity index (χ3v) is 8.69. The zero-order valence-electron chi connectivity index (χ0n) is 21.0. The monoisotopic (exact) mass is 630 g/mol. The molecule has 0 aromatic heterocycles. The van der Waals surface area contributed by atoms with E-state index in [4.69, 9.17) is 4.74 Å². The summed E-state index contributed by atoms with van der Waals surface area (Å²) in [5.74, 6) is -1.71. The van der Waals surface area contributed by atoms with Gasteiger partial charge in [0.05, 0.1) is 20.1 Å². The maximum atomic E-state index is 13.4. The first-order valence-corrected chi connectivity index (χ1v) is 13.8. The number of carboxylic acid groups (broad SMARTS) is 1. The summed E-state index contributed by atoms with van der Waals surface area (Å²) in [7, 11) is 0. The van der Waals surface area contributed by atoms with Crippen LogP contribution in [-0.4, -0.2) is 27.3 Å². The van der Waals surface area contributed by atoms with Crippen LogP contribution in [0.3, 0.4) is 0 Å². The number of carbonyl (C=O) groups is 2. The van der Waals surface area contributed by atoms with Crippen molar-refractivity contribution in [3.63, 3.8) is 0 Å². The first-order chi connectivity index (χ1) is 17.6. The highest BCUT2D eigenvalue weighted by atomic mass is 79.9. The van der Waals surface area contributed by atoms with Gasteiger partial charge in [0.25, 0.3) is 0 Å². The van der Waals surface area contributed by atoms with Crippen molar-refractivity contribution < 1.29 is 29.6 Å². The van der Waals surface area contributed by atoms with Crippen molar-refractivity contribution in [2.24, 2.45) is 0 Å². The number of fused-ring (bicyclic) bond motifs is 1. The summed E-state index contributed by atoms with van der Waals surface area (Å²) >= 11 is 7.22. The fourth-order valence-corrected chi connectivity index (χ4v) is 6.83. The molecule has 6 nitrogen and oxygen atoms in total. The van der Waals surface area contributed by atoms with E-state index in [-0.39, 0.29) is 22.6 Å².